The minimum Gasteiger partial charge on any atom is -0.469 e. The fraction of sp³-hybridized carbons (Fsp3) is 0.364. The summed E-state index contributed by atoms with van der Waals surface area (Å²) in [5, 5.41) is 0. The molecule has 1 aromatic carbocycles. The van der Waals surface area contributed by atoms with E-state index in [0.717, 1.165) is 12.1 Å². The molecule has 0 N–H and O–H groups in total. The van der Waals surface area contributed by atoms with Crippen LogP contribution in [0.4, 0.5) is 13.2 Å². The molecule has 0 aromatic heterocycles. The van der Waals surface area contributed by atoms with Gasteiger partial charge in [0.15, 0.2) is 11.6 Å². The normalized spacial score (nSPS) is 10.4. The Labute approximate surface area is 96.1 Å². The maximum Gasteiger partial charge on any atom is 0.387 e. The van der Waals surface area contributed by atoms with Crippen molar-refractivity contribution < 1.29 is 27.4 Å². The average molecular weight is 248 g/mol. The van der Waals surface area contributed by atoms with Crippen molar-refractivity contribution in [1.82, 2.24) is 0 Å². The largest absolute Gasteiger partial charge is 0.469 e. The highest BCUT2D eigenvalue weighted by Crippen LogP contribution is 2.21. The highest BCUT2D eigenvalue weighted by atomic mass is 19.3. The highest BCUT2D eigenvalue weighted by Gasteiger charge is 2.10. The second kappa shape index (κ2) is 6.12. The number of halogens is 3. The number of esters is 1. The maximum absolute atomic E-state index is 13.2. The van der Waals surface area contributed by atoms with Gasteiger partial charge in [-0.15, -0.1) is 0 Å². The quantitative estimate of drug-likeness (QED) is 0.751. The first kappa shape index (κ1) is 13.3. The van der Waals surface area contributed by atoms with Crippen LogP contribution in [-0.4, -0.2) is 19.7 Å². The molecule has 0 bridgehead atoms. The smallest absolute Gasteiger partial charge is 0.387 e. The Kier molecular flexibility index (Phi) is 4.81. The number of hydrogen-bond donors (Lipinski definition) is 0. The van der Waals surface area contributed by atoms with Crippen LogP contribution in [0.25, 0.3) is 0 Å². The van der Waals surface area contributed by atoms with Gasteiger partial charge in [0.25, 0.3) is 0 Å². The minimum atomic E-state index is -3.06. The van der Waals surface area contributed by atoms with E-state index in [1.807, 2.05) is 0 Å². The van der Waals surface area contributed by atoms with Crippen molar-refractivity contribution in [3.8, 4) is 5.75 Å². The summed E-state index contributed by atoms with van der Waals surface area (Å²) in [6.45, 7) is -3.06. The summed E-state index contributed by atoms with van der Waals surface area (Å²) in [7, 11) is 1.25. The van der Waals surface area contributed by atoms with E-state index >= 15 is 0 Å². The van der Waals surface area contributed by atoms with Crippen molar-refractivity contribution in [1.29, 1.82) is 0 Å². The summed E-state index contributed by atoms with van der Waals surface area (Å²) in [5.74, 6) is -1.81. The maximum atomic E-state index is 13.2. The van der Waals surface area contributed by atoms with E-state index in [4.69, 9.17) is 0 Å². The molecule has 0 heterocycles. The van der Waals surface area contributed by atoms with Gasteiger partial charge in [-0.1, -0.05) is 6.07 Å². The Bertz CT molecular complexity index is 394. The molecular formula is C11H11F3O3. The summed E-state index contributed by atoms with van der Waals surface area (Å²) < 4.78 is 45.3. The third-order valence-electron chi connectivity index (χ3n) is 2.06. The number of ether oxygens (including phenoxy) is 2. The fourth-order valence-electron chi connectivity index (χ4n) is 1.24. The van der Waals surface area contributed by atoms with Gasteiger partial charge in [-0.3, -0.25) is 4.79 Å². The molecule has 0 aliphatic heterocycles. The van der Waals surface area contributed by atoms with E-state index in [9.17, 15) is 18.0 Å². The summed E-state index contributed by atoms with van der Waals surface area (Å²) in [5.41, 5.74) is 0.509. The van der Waals surface area contributed by atoms with E-state index in [1.54, 1.807) is 0 Å². The molecule has 0 saturated carbocycles. The van der Waals surface area contributed by atoms with Gasteiger partial charge in [-0.2, -0.15) is 8.78 Å². The monoisotopic (exact) mass is 248 g/mol. The Hall–Kier alpha value is -1.72. The van der Waals surface area contributed by atoms with Crippen LogP contribution < -0.4 is 4.74 Å². The van der Waals surface area contributed by atoms with Crippen LogP contribution in [0.1, 0.15) is 12.0 Å². The van der Waals surface area contributed by atoms with Crippen LogP contribution in [0, 0.1) is 5.82 Å². The summed E-state index contributed by atoms with van der Waals surface area (Å²) in [6, 6.07) is 3.58. The van der Waals surface area contributed by atoms with E-state index in [1.165, 1.54) is 13.2 Å². The Balaban J connectivity index is 2.65. The van der Waals surface area contributed by atoms with Crippen molar-refractivity contribution in [3.63, 3.8) is 0 Å². The van der Waals surface area contributed by atoms with Crippen LogP contribution in [0.15, 0.2) is 18.2 Å². The molecule has 0 spiro atoms. The molecule has 0 unspecified atom stereocenters. The van der Waals surface area contributed by atoms with Crippen LogP contribution in [0.3, 0.4) is 0 Å². The van der Waals surface area contributed by atoms with Gasteiger partial charge < -0.3 is 9.47 Å². The zero-order valence-electron chi connectivity index (χ0n) is 9.08. The summed E-state index contributed by atoms with van der Waals surface area (Å²) >= 11 is 0. The number of alkyl halides is 2. The first-order chi connectivity index (χ1) is 8.02. The second-order valence-corrected chi connectivity index (χ2v) is 3.22. The molecule has 0 saturated heterocycles. The lowest BCUT2D eigenvalue weighted by molar-refractivity contribution is -0.140. The molecular weight excluding hydrogens is 237 g/mol. The van der Waals surface area contributed by atoms with Gasteiger partial charge in [0.1, 0.15) is 0 Å². The summed E-state index contributed by atoms with van der Waals surface area (Å²) in [4.78, 5) is 10.8. The molecule has 1 rings (SSSR count). The third-order valence-corrected chi connectivity index (χ3v) is 2.06. The van der Waals surface area contributed by atoms with Crippen molar-refractivity contribution in [3.05, 3.63) is 29.6 Å². The number of benzene rings is 1. The van der Waals surface area contributed by atoms with Crippen LogP contribution in [-0.2, 0) is 16.0 Å². The fourth-order valence-corrected chi connectivity index (χ4v) is 1.24. The number of methoxy groups -OCH3 is 1. The summed E-state index contributed by atoms with van der Waals surface area (Å²) in [6.07, 6.45) is 0.379. The minimum absolute atomic E-state index is 0.102. The number of hydrogen-bond acceptors (Lipinski definition) is 3. The van der Waals surface area contributed by atoms with Crippen LogP contribution in [0.5, 0.6) is 5.75 Å². The molecule has 3 nitrogen and oxygen atoms in total. The van der Waals surface area contributed by atoms with E-state index in [2.05, 4.69) is 9.47 Å². The van der Waals surface area contributed by atoms with E-state index in [-0.39, 0.29) is 12.8 Å². The molecule has 0 atom stereocenters. The predicted molar refractivity (Wildman–Crippen MR) is 53.4 cm³/mol. The van der Waals surface area contributed by atoms with Gasteiger partial charge in [0.2, 0.25) is 0 Å². The Morgan fingerprint density at radius 3 is 2.65 bits per heavy atom. The molecule has 0 radical (unpaired) electrons. The third kappa shape index (κ3) is 4.34. The van der Waals surface area contributed by atoms with Crippen molar-refractivity contribution in [2.24, 2.45) is 0 Å². The van der Waals surface area contributed by atoms with Crippen molar-refractivity contribution in [2.75, 3.05) is 7.11 Å². The predicted octanol–water partition coefficient (Wildman–Crippen LogP) is 2.53. The van der Waals surface area contributed by atoms with Gasteiger partial charge in [0, 0.05) is 6.42 Å². The van der Waals surface area contributed by atoms with Gasteiger partial charge in [0.05, 0.1) is 7.11 Å². The number of rotatable bonds is 5. The first-order valence-electron chi connectivity index (χ1n) is 4.83. The molecule has 1 aromatic rings. The Morgan fingerprint density at radius 2 is 2.12 bits per heavy atom. The molecule has 0 aliphatic rings. The number of carbonyl (C=O) groups is 1. The number of carbonyl (C=O) groups excluding carboxylic acids is 1. The van der Waals surface area contributed by atoms with E-state index in [0.29, 0.717) is 5.56 Å². The molecule has 0 amide bonds. The molecule has 17 heavy (non-hydrogen) atoms. The molecule has 0 aliphatic carbocycles. The Morgan fingerprint density at radius 1 is 1.41 bits per heavy atom. The van der Waals surface area contributed by atoms with Gasteiger partial charge in [-0.05, 0) is 24.1 Å². The second-order valence-electron chi connectivity index (χ2n) is 3.22. The topological polar surface area (TPSA) is 35.5 Å². The average Bonchev–Trinajstić information content (AvgIpc) is 2.28. The zero-order chi connectivity index (χ0) is 12.8. The van der Waals surface area contributed by atoms with Crippen LogP contribution in [0.2, 0.25) is 0 Å². The lowest BCUT2D eigenvalue weighted by Gasteiger charge is -2.07. The molecule has 94 valence electrons. The lowest BCUT2D eigenvalue weighted by atomic mass is 10.1. The first-order valence-corrected chi connectivity index (χ1v) is 4.83. The SMILES string of the molecule is COC(=O)CCc1ccc(OC(F)F)c(F)c1. The number of aryl methyl sites for hydroxylation is 1. The molecule has 6 heteroatoms. The van der Waals surface area contributed by atoms with Gasteiger partial charge in [-0.25, -0.2) is 4.39 Å². The van der Waals surface area contributed by atoms with Crippen molar-refractivity contribution >= 4 is 5.97 Å². The highest BCUT2D eigenvalue weighted by molar-refractivity contribution is 5.69. The van der Waals surface area contributed by atoms with Gasteiger partial charge >= 0.3 is 12.6 Å². The van der Waals surface area contributed by atoms with Crippen molar-refractivity contribution in [2.45, 2.75) is 19.5 Å². The lowest BCUT2D eigenvalue weighted by Crippen LogP contribution is -2.05. The van der Waals surface area contributed by atoms with E-state index < -0.39 is 24.1 Å². The van der Waals surface area contributed by atoms with Crippen LogP contribution >= 0.6 is 0 Å². The molecule has 0 fully saturated rings. The standard InChI is InChI=1S/C11H11F3O3/c1-16-10(15)5-3-7-2-4-9(8(12)6-7)17-11(13)14/h2,4,6,11H,3,5H2,1H3. The zero-order valence-corrected chi connectivity index (χ0v) is 9.08.